The molecule has 0 radical (unpaired) electrons. The molecule has 0 fully saturated rings. The minimum atomic E-state index is -0.773. The largest absolute Gasteiger partial charge is 0.462 e. The van der Waals surface area contributed by atoms with Crippen molar-refractivity contribution in [3.8, 4) is 0 Å². The fraction of sp³-hybridized carbons (Fsp3) is 0.805. The molecule has 0 saturated heterocycles. The van der Waals surface area contributed by atoms with Gasteiger partial charge in [0.05, 0.1) is 0 Å². The minimum absolute atomic E-state index is 0.0688. The fourth-order valence-corrected chi connectivity index (χ4v) is 10.8. The number of carbonyl (C=O) groups is 3. The minimum Gasteiger partial charge on any atom is -0.462 e. The van der Waals surface area contributed by atoms with E-state index in [1.807, 2.05) is 0 Å². The molecular weight excluding hydrogens is 1020 g/mol. The van der Waals surface area contributed by atoms with Gasteiger partial charge in [-0.15, -0.1) is 0 Å². The normalized spacial score (nSPS) is 12.5. The van der Waals surface area contributed by atoms with Crippen LogP contribution in [-0.4, -0.2) is 37.2 Å². The van der Waals surface area contributed by atoms with Crippen molar-refractivity contribution in [2.24, 2.45) is 0 Å². The van der Waals surface area contributed by atoms with E-state index in [1.54, 1.807) is 0 Å². The molecule has 0 N–H and O–H groups in total. The summed E-state index contributed by atoms with van der Waals surface area (Å²) in [5.41, 5.74) is 0. The van der Waals surface area contributed by atoms with Crippen molar-refractivity contribution in [1.29, 1.82) is 0 Å². The molecule has 0 aliphatic heterocycles. The van der Waals surface area contributed by atoms with Crippen molar-refractivity contribution in [1.82, 2.24) is 0 Å². The Kier molecular flexibility index (Phi) is 68.6. The lowest BCUT2D eigenvalue weighted by Crippen LogP contribution is -2.30. The second-order valence-corrected chi connectivity index (χ2v) is 24.5. The van der Waals surface area contributed by atoms with Gasteiger partial charge in [0.25, 0.3) is 0 Å². The molecule has 0 spiro atoms. The van der Waals surface area contributed by atoms with Gasteiger partial charge in [-0.2, -0.15) is 0 Å². The van der Waals surface area contributed by atoms with Crippen molar-refractivity contribution in [2.45, 2.75) is 386 Å². The summed E-state index contributed by atoms with van der Waals surface area (Å²) in [6.07, 6.45) is 93.6. The van der Waals surface area contributed by atoms with Gasteiger partial charge in [-0.25, -0.2) is 0 Å². The Morgan fingerprint density at radius 2 is 0.470 bits per heavy atom. The smallest absolute Gasteiger partial charge is 0.306 e. The van der Waals surface area contributed by atoms with Gasteiger partial charge in [0.1, 0.15) is 13.2 Å². The van der Waals surface area contributed by atoms with Crippen LogP contribution < -0.4 is 0 Å². The molecule has 1 unspecified atom stereocenters. The molecule has 0 aromatic carbocycles. The first kappa shape index (κ1) is 79.8. The lowest BCUT2D eigenvalue weighted by molar-refractivity contribution is -0.167. The van der Waals surface area contributed by atoms with Crippen LogP contribution in [0.1, 0.15) is 380 Å². The Labute approximate surface area is 516 Å². The van der Waals surface area contributed by atoms with E-state index in [0.29, 0.717) is 19.3 Å². The van der Waals surface area contributed by atoms with Crippen molar-refractivity contribution in [2.75, 3.05) is 13.2 Å². The summed E-state index contributed by atoms with van der Waals surface area (Å²) in [6, 6.07) is 0. The molecule has 6 nitrogen and oxygen atoms in total. The van der Waals surface area contributed by atoms with Crippen LogP contribution in [0.15, 0.2) is 72.9 Å². The van der Waals surface area contributed by atoms with E-state index in [9.17, 15) is 14.4 Å². The molecule has 482 valence electrons. The first-order valence-electron chi connectivity index (χ1n) is 36.4. The Balaban J connectivity index is 4.22. The molecule has 0 rings (SSSR count). The van der Waals surface area contributed by atoms with E-state index in [4.69, 9.17) is 14.2 Å². The Morgan fingerprint density at radius 3 is 0.735 bits per heavy atom. The average molecular weight is 1160 g/mol. The highest BCUT2D eigenvalue weighted by Gasteiger charge is 2.19. The van der Waals surface area contributed by atoms with Crippen molar-refractivity contribution < 1.29 is 28.6 Å². The van der Waals surface area contributed by atoms with Gasteiger partial charge < -0.3 is 14.2 Å². The third-order valence-electron chi connectivity index (χ3n) is 16.2. The molecule has 0 aliphatic carbocycles. The average Bonchev–Trinajstić information content (AvgIpc) is 3.49. The van der Waals surface area contributed by atoms with Gasteiger partial charge in [0.15, 0.2) is 6.10 Å². The topological polar surface area (TPSA) is 78.9 Å². The molecule has 0 heterocycles. The molecule has 0 saturated carbocycles. The molecule has 0 aromatic heterocycles. The van der Waals surface area contributed by atoms with Crippen LogP contribution in [-0.2, 0) is 28.6 Å². The molecule has 6 heteroatoms. The van der Waals surface area contributed by atoms with E-state index in [-0.39, 0.29) is 31.1 Å². The number of ether oxygens (including phenoxy) is 3. The summed E-state index contributed by atoms with van der Waals surface area (Å²) in [5, 5.41) is 0. The molecule has 0 bridgehead atoms. The number of hydrogen-bond donors (Lipinski definition) is 0. The highest BCUT2D eigenvalue weighted by molar-refractivity contribution is 5.71. The molecule has 0 aliphatic rings. The summed E-state index contributed by atoms with van der Waals surface area (Å²) in [5.74, 6) is -0.844. The van der Waals surface area contributed by atoms with Crippen molar-refractivity contribution in [3.05, 3.63) is 72.9 Å². The van der Waals surface area contributed by atoms with Crippen molar-refractivity contribution in [3.63, 3.8) is 0 Å². The molecule has 1 atom stereocenters. The van der Waals surface area contributed by atoms with Crippen LogP contribution >= 0.6 is 0 Å². The van der Waals surface area contributed by atoms with Crippen molar-refractivity contribution >= 4 is 17.9 Å². The van der Waals surface area contributed by atoms with E-state index < -0.39 is 6.10 Å². The van der Waals surface area contributed by atoms with Gasteiger partial charge >= 0.3 is 17.9 Å². The zero-order chi connectivity index (χ0) is 59.9. The second kappa shape index (κ2) is 71.3. The monoisotopic (exact) mass is 1160 g/mol. The van der Waals surface area contributed by atoms with Gasteiger partial charge in [0, 0.05) is 19.3 Å². The zero-order valence-corrected chi connectivity index (χ0v) is 55.5. The Morgan fingerprint density at radius 1 is 0.253 bits per heavy atom. The summed E-state index contributed by atoms with van der Waals surface area (Å²) in [4.78, 5) is 38.5. The summed E-state index contributed by atoms with van der Waals surface area (Å²) in [6.45, 7) is 6.59. The SMILES string of the molecule is CC/C=C\C/C=C\C/C=C\C/C=C\C/C=C\C/C=C\CCCCCCCCCCCCCCC(=O)OCC(COC(=O)CCCCCCCCCCCCCCC)OC(=O)CCCCCCCCCCCCCCCCCCCCCCC. The summed E-state index contributed by atoms with van der Waals surface area (Å²) in [7, 11) is 0. The lowest BCUT2D eigenvalue weighted by atomic mass is 10.0. The third kappa shape index (κ3) is 69.5. The van der Waals surface area contributed by atoms with Gasteiger partial charge in [-0.3, -0.25) is 14.4 Å². The number of esters is 3. The highest BCUT2D eigenvalue weighted by atomic mass is 16.6. The standard InChI is InChI=1S/C77H138O6/c1-4-7-10-13-16-19-22-25-27-29-31-33-34-35-36-37-38-39-40-41-42-44-45-47-49-52-55-58-61-64-67-70-76(79)82-73-74(72-81-75(78)69-66-63-60-57-54-51-24-21-18-15-12-9-6-3)83-77(80)71-68-65-62-59-56-53-50-48-46-43-32-30-28-26-23-20-17-14-11-8-5-2/h7,10,16,19,25,27,31,33,35-36,38-39,74H,4-6,8-9,11-15,17-18,20-24,26,28-30,32,34,37,40-73H2,1-3H3/b10-7-,19-16-,27-25-,33-31-,36-35-,39-38-. The number of carbonyl (C=O) groups excluding carboxylic acids is 3. The van der Waals surface area contributed by atoms with Crippen LogP contribution in [0.3, 0.4) is 0 Å². The van der Waals surface area contributed by atoms with Crippen LogP contribution in [0.2, 0.25) is 0 Å². The zero-order valence-electron chi connectivity index (χ0n) is 55.5. The molecule has 83 heavy (non-hydrogen) atoms. The highest BCUT2D eigenvalue weighted by Crippen LogP contribution is 2.18. The maximum atomic E-state index is 13.0. The number of rotatable bonds is 67. The predicted molar refractivity (Wildman–Crippen MR) is 362 cm³/mol. The number of hydrogen-bond acceptors (Lipinski definition) is 6. The third-order valence-corrected chi connectivity index (χ3v) is 16.2. The first-order valence-corrected chi connectivity index (χ1v) is 36.4. The molecule has 0 aromatic rings. The van der Waals surface area contributed by atoms with E-state index in [0.717, 1.165) is 96.3 Å². The molecular formula is C77H138O6. The van der Waals surface area contributed by atoms with Crippen LogP contribution in [0.4, 0.5) is 0 Å². The Bertz CT molecular complexity index is 1520. The van der Waals surface area contributed by atoms with Crippen LogP contribution in [0.25, 0.3) is 0 Å². The lowest BCUT2D eigenvalue weighted by Gasteiger charge is -2.18. The maximum absolute atomic E-state index is 13.0. The van der Waals surface area contributed by atoms with E-state index in [1.165, 1.54) is 244 Å². The van der Waals surface area contributed by atoms with Crippen LogP contribution in [0, 0.1) is 0 Å². The van der Waals surface area contributed by atoms with Gasteiger partial charge in [0.2, 0.25) is 0 Å². The quantitative estimate of drug-likeness (QED) is 0.0261. The summed E-state index contributed by atoms with van der Waals surface area (Å²) < 4.78 is 17.0. The first-order chi connectivity index (χ1) is 41.0. The number of unbranched alkanes of at least 4 members (excludes halogenated alkanes) is 44. The maximum Gasteiger partial charge on any atom is 0.306 e. The van der Waals surface area contributed by atoms with E-state index >= 15 is 0 Å². The Hall–Kier alpha value is -3.15. The molecule has 0 amide bonds. The van der Waals surface area contributed by atoms with Gasteiger partial charge in [-0.1, -0.05) is 363 Å². The van der Waals surface area contributed by atoms with Crippen LogP contribution in [0.5, 0.6) is 0 Å². The predicted octanol–water partition coefficient (Wildman–Crippen LogP) is 25.2. The summed E-state index contributed by atoms with van der Waals surface area (Å²) >= 11 is 0. The fourth-order valence-electron chi connectivity index (χ4n) is 10.8. The second-order valence-electron chi connectivity index (χ2n) is 24.5. The van der Waals surface area contributed by atoms with E-state index in [2.05, 4.69) is 93.7 Å². The number of allylic oxidation sites excluding steroid dienone is 12. The van der Waals surface area contributed by atoms with Gasteiger partial charge in [-0.05, 0) is 70.6 Å².